The predicted molar refractivity (Wildman–Crippen MR) is 84.3 cm³/mol. The first-order valence-electron chi connectivity index (χ1n) is 7.69. The van der Waals surface area contributed by atoms with E-state index in [1.165, 1.54) is 6.42 Å². The van der Waals surface area contributed by atoms with Crippen molar-refractivity contribution in [2.45, 2.75) is 32.6 Å². The van der Waals surface area contributed by atoms with Crippen LogP contribution >= 0.6 is 0 Å². The molecule has 0 bridgehead atoms. The molecule has 116 valence electrons. The molecule has 0 heterocycles. The lowest BCUT2D eigenvalue weighted by Crippen LogP contribution is -2.43. The molecule has 1 aromatic rings. The number of rotatable bonds is 7. The zero-order valence-electron chi connectivity index (χ0n) is 13.1. The van der Waals surface area contributed by atoms with Gasteiger partial charge < -0.3 is 15.4 Å². The third-order valence-corrected chi connectivity index (χ3v) is 4.58. The van der Waals surface area contributed by atoms with Crippen molar-refractivity contribution in [3.8, 4) is 5.75 Å². The van der Waals surface area contributed by atoms with Gasteiger partial charge in [-0.05, 0) is 43.4 Å². The van der Waals surface area contributed by atoms with Gasteiger partial charge >= 0.3 is 0 Å². The Kier molecular flexibility index (Phi) is 5.23. The molecule has 0 spiro atoms. The topological polar surface area (TPSA) is 55.6 Å². The van der Waals surface area contributed by atoms with Gasteiger partial charge in [-0.25, -0.2) is 0 Å². The summed E-state index contributed by atoms with van der Waals surface area (Å²) in [4.78, 5) is 14.0. The normalized spacial score (nSPS) is 16.1. The fraction of sp³-hybridized carbons (Fsp3) is 0.588. The highest BCUT2D eigenvalue weighted by Gasteiger charge is 2.38. The summed E-state index contributed by atoms with van der Waals surface area (Å²) in [6.07, 6.45) is 3.94. The number of nitrogens with two attached hydrogens (primary N) is 1. The molecule has 1 saturated carbocycles. The van der Waals surface area contributed by atoms with Crippen molar-refractivity contribution in [3.05, 3.63) is 29.8 Å². The maximum absolute atomic E-state index is 12.2. The van der Waals surface area contributed by atoms with Gasteiger partial charge in [0.25, 0.3) is 0 Å². The Morgan fingerprint density at radius 1 is 1.38 bits per heavy atom. The van der Waals surface area contributed by atoms with Crippen LogP contribution in [0.2, 0.25) is 0 Å². The van der Waals surface area contributed by atoms with Crippen LogP contribution in [-0.2, 0) is 4.79 Å². The van der Waals surface area contributed by atoms with Crippen molar-refractivity contribution in [3.63, 3.8) is 0 Å². The number of nitrogens with zero attached hydrogens (tertiary/aromatic N) is 1. The average Bonchev–Trinajstić information content (AvgIpc) is 2.44. The molecular formula is C17H26N2O2. The van der Waals surface area contributed by atoms with Crippen LogP contribution in [0.3, 0.4) is 0 Å². The summed E-state index contributed by atoms with van der Waals surface area (Å²) in [6, 6.07) is 7.92. The standard InChI is InChI=1S/C17H26N2O2/c1-14-6-3-4-7-15(14)21-11-10-19(2)16(20)12-17(13-18)8-5-9-17/h3-4,6-7H,5,8-13,18H2,1-2H3. The lowest BCUT2D eigenvalue weighted by Gasteiger charge is -2.41. The maximum atomic E-state index is 12.2. The van der Waals surface area contributed by atoms with Crippen LogP contribution in [0.5, 0.6) is 5.75 Å². The Balaban J connectivity index is 1.75. The Labute approximate surface area is 127 Å². The van der Waals surface area contributed by atoms with Gasteiger partial charge in [-0.3, -0.25) is 4.79 Å². The van der Waals surface area contributed by atoms with Gasteiger partial charge in [-0.2, -0.15) is 0 Å². The Hall–Kier alpha value is -1.55. The summed E-state index contributed by atoms with van der Waals surface area (Å²) in [6.45, 7) is 3.76. The molecule has 0 aliphatic heterocycles. The van der Waals surface area contributed by atoms with E-state index in [0.717, 1.165) is 24.2 Å². The third kappa shape index (κ3) is 3.97. The molecule has 0 unspecified atom stereocenters. The lowest BCUT2D eigenvalue weighted by molar-refractivity contribution is -0.134. The second-order valence-corrected chi connectivity index (χ2v) is 6.16. The van der Waals surface area contributed by atoms with Crippen LogP contribution in [0.4, 0.5) is 0 Å². The van der Waals surface area contributed by atoms with Crippen LogP contribution in [0.25, 0.3) is 0 Å². The van der Waals surface area contributed by atoms with Gasteiger partial charge in [0.05, 0.1) is 6.54 Å². The molecule has 2 rings (SSSR count). The van der Waals surface area contributed by atoms with Crippen LogP contribution in [0, 0.1) is 12.3 Å². The summed E-state index contributed by atoms with van der Waals surface area (Å²) in [5.41, 5.74) is 7.00. The minimum atomic E-state index is 0.0716. The molecule has 0 aromatic heterocycles. The number of hydrogen-bond acceptors (Lipinski definition) is 3. The number of aryl methyl sites for hydroxylation is 1. The molecule has 1 aliphatic carbocycles. The van der Waals surface area contributed by atoms with Gasteiger partial charge in [0.1, 0.15) is 12.4 Å². The fourth-order valence-corrected chi connectivity index (χ4v) is 2.72. The van der Waals surface area contributed by atoms with Gasteiger partial charge in [0, 0.05) is 13.5 Å². The molecular weight excluding hydrogens is 264 g/mol. The third-order valence-electron chi connectivity index (χ3n) is 4.58. The second kappa shape index (κ2) is 6.94. The van der Waals surface area contributed by atoms with E-state index in [1.807, 2.05) is 38.2 Å². The highest BCUT2D eigenvalue weighted by Crippen LogP contribution is 2.43. The van der Waals surface area contributed by atoms with Crippen molar-refractivity contribution in [2.75, 3.05) is 26.7 Å². The van der Waals surface area contributed by atoms with E-state index in [1.54, 1.807) is 4.90 Å². The lowest BCUT2D eigenvalue weighted by atomic mass is 9.66. The number of para-hydroxylation sites is 1. The fourth-order valence-electron chi connectivity index (χ4n) is 2.72. The van der Waals surface area contributed by atoms with Gasteiger partial charge in [-0.15, -0.1) is 0 Å². The van der Waals surface area contributed by atoms with Crippen LogP contribution in [-0.4, -0.2) is 37.6 Å². The first-order chi connectivity index (χ1) is 10.1. The van der Waals surface area contributed by atoms with Crippen molar-refractivity contribution in [2.24, 2.45) is 11.1 Å². The van der Waals surface area contributed by atoms with E-state index in [-0.39, 0.29) is 11.3 Å². The van der Waals surface area contributed by atoms with E-state index in [4.69, 9.17) is 10.5 Å². The van der Waals surface area contributed by atoms with Crippen molar-refractivity contribution in [1.29, 1.82) is 0 Å². The first kappa shape index (κ1) is 15.8. The summed E-state index contributed by atoms with van der Waals surface area (Å²) < 4.78 is 5.74. The zero-order chi connectivity index (χ0) is 15.3. The number of benzene rings is 1. The molecule has 1 aromatic carbocycles. The predicted octanol–water partition coefficient (Wildman–Crippen LogP) is 2.35. The molecule has 0 saturated heterocycles. The van der Waals surface area contributed by atoms with Crippen LogP contribution in [0.1, 0.15) is 31.2 Å². The van der Waals surface area contributed by atoms with Crippen LogP contribution in [0.15, 0.2) is 24.3 Å². The maximum Gasteiger partial charge on any atom is 0.223 e. The molecule has 1 fully saturated rings. The number of ether oxygens (including phenoxy) is 1. The van der Waals surface area contributed by atoms with Gasteiger partial charge in [0.15, 0.2) is 0 Å². The number of hydrogen-bond donors (Lipinski definition) is 1. The Morgan fingerprint density at radius 3 is 2.67 bits per heavy atom. The number of carbonyl (C=O) groups is 1. The molecule has 21 heavy (non-hydrogen) atoms. The van der Waals surface area contributed by atoms with E-state index in [9.17, 15) is 4.79 Å². The Morgan fingerprint density at radius 2 is 2.10 bits per heavy atom. The largest absolute Gasteiger partial charge is 0.491 e. The van der Waals surface area contributed by atoms with Crippen molar-refractivity contribution in [1.82, 2.24) is 4.90 Å². The van der Waals surface area contributed by atoms with E-state index < -0.39 is 0 Å². The van der Waals surface area contributed by atoms with Crippen molar-refractivity contribution < 1.29 is 9.53 Å². The quantitative estimate of drug-likeness (QED) is 0.838. The molecule has 4 heteroatoms. The van der Waals surface area contributed by atoms with Gasteiger partial charge in [0.2, 0.25) is 5.91 Å². The molecule has 0 atom stereocenters. The SMILES string of the molecule is Cc1ccccc1OCCN(C)C(=O)CC1(CN)CCC1. The zero-order valence-corrected chi connectivity index (χ0v) is 13.1. The van der Waals surface area contributed by atoms with E-state index in [2.05, 4.69) is 0 Å². The first-order valence-corrected chi connectivity index (χ1v) is 7.69. The second-order valence-electron chi connectivity index (χ2n) is 6.16. The van der Waals surface area contributed by atoms with Gasteiger partial charge in [-0.1, -0.05) is 24.6 Å². The summed E-state index contributed by atoms with van der Waals surface area (Å²) >= 11 is 0. The van der Waals surface area contributed by atoms with E-state index in [0.29, 0.717) is 26.1 Å². The smallest absolute Gasteiger partial charge is 0.223 e. The number of amides is 1. The summed E-state index contributed by atoms with van der Waals surface area (Å²) in [5, 5.41) is 0. The molecule has 0 radical (unpaired) electrons. The number of carbonyl (C=O) groups excluding carboxylic acids is 1. The highest BCUT2D eigenvalue weighted by molar-refractivity contribution is 5.76. The molecule has 4 nitrogen and oxygen atoms in total. The highest BCUT2D eigenvalue weighted by atomic mass is 16.5. The van der Waals surface area contributed by atoms with Crippen LogP contribution < -0.4 is 10.5 Å². The molecule has 1 aliphatic rings. The van der Waals surface area contributed by atoms with Crippen molar-refractivity contribution >= 4 is 5.91 Å². The minimum absolute atomic E-state index is 0.0716. The minimum Gasteiger partial charge on any atom is -0.491 e. The number of likely N-dealkylation sites (N-methyl/N-ethyl adjacent to an activating group) is 1. The summed E-state index contributed by atoms with van der Waals surface area (Å²) in [7, 11) is 1.84. The average molecular weight is 290 g/mol. The molecule has 1 amide bonds. The van der Waals surface area contributed by atoms with E-state index >= 15 is 0 Å². The monoisotopic (exact) mass is 290 g/mol. The summed E-state index contributed by atoms with van der Waals surface area (Å²) in [5.74, 6) is 1.06. The Bertz CT molecular complexity index is 478. The molecule has 2 N–H and O–H groups in total.